The number of hydrogen-bond acceptors (Lipinski definition) is 2. The average Bonchev–Trinajstić information content (AvgIpc) is 2.64. The number of halogens is 2. The number of benzene rings is 3. The van der Waals surface area contributed by atoms with Crippen molar-refractivity contribution in [1.29, 1.82) is 0 Å². The maximum Gasteiger partial charge on any atom is 0.114 e. The summed E-state index contributed by atoms with van der Waals surface area (Å²) in [5.41, 5.74) is 0.670. The van der Waals surface area contributed by atoms with Gasteiger partial charge in [-0.15, -0.1) is 11.8 Å². The SMILES string of the molecule is [2H]C(Sc1ccc(Cl)cc1)(c1ccccc1)S(=O)c1ccc(Cl)cc1. The van der Waals surface area contributed by atoms with Gasteiger partial charge in [0.25, 0.3) is 0 Å². The van der Waals surface area contributed by atoms with Gasteiger partial charge in [-0.3, -0.25) is 4.21 Å². The van der Waals surface area contributed by atoms with Crippen LogP contribution >= 0.6 is 35.0 Å². The Balaban J connectivity index is 2.03. The standard InChI is InChI=1S/C19H14Cl2OS2/c20-15-6-10-17(11-7-15)23-19(14-4-2-1-3-5-14)24(22)18-12-8-16(21)9-13-18/h1-13,19H/i19D. The van der Waals surface area contributed by atoms with Crippen molar-refractivity contribution in [3.63, 3.8) is 0 Å². The molecule has 2 unspecified atom stereocenters. The molecule has 0 aliphatic heterocycles. The normalized spacial score (nSPS) is 15.3. The van der Waals surface area contributed by atoms with Gasteiger partial charge in [-0.25, -0.2) is 0 Å². The van der Waals surface area contributed by atoms with Crippen LogP contribution in [-0.4, -0.2) is 4.21 Å². The molecule has 122 valence electrons. The molecule has 24 heavy (non-hydrogen) atoms. The lowest BCUT2D eigenvalue weighted by molar-refractivity contribution is 0.682. The van der Waals surface area contributed by atoms with Crippen LogP contribution in [-0.2, 0) is 10.8 Å². The van der Waals surface area contributed by atoms with Gasteiger partial charge in [0.05, 0.1) is 12.2 Å². The fourth-order valence-corrected chi connectivity index (χ4v) is 4.87. The summed E-state index contributed by atoms with van der Waals surface area (Å²) in [6.45, 7) is 0. The molecule has 0 saturated heterocycles. The molecule has 2 atom stereocenters. The highest BCUT2D eigenvalue weighted by molar-refractivity contribution is 8.10. The van der Waals surface area contributed by atoms with Gasteiger partial charge in [-0.1, -0.05) is 53.5 Å². The first-order chi connectivity index (χ1) is 12.0. The molecule has 0 aliphatic rings. The topological polar surface area (TPSA) is 17.1 Å². The van der Waals surface area contributed by atoms with Crippen LogP contribution in [0.15, 0.2) is 88.7 Å². The first-order valence-corrected chi connectivity index (χ1v) is 9.89. The third kappa shape index (κ3) is 4.42. The first kappa shape index (κ1) is 16.2. The molecule has 0 amide bonds. The summed E-state index contributed by atoms with van der Waals surface area (Å²) in [6.07, 6.45) is 0. The summed E-state index contributed by atoms with van der Waals surface area (Å²) in [7, 11) is -1.61. The summed E-state index contributed by atoms with van der Waals surface area (Å²) < 4.78 is 20.9. The maximum atomic E-state index is 13.3. The van der Waals surface area contributed by atoms with Crippen molar-refractivity contribution in [1.82, 2.24) is 0 Å². The molecule has 0 N–H and O–H groups in total. The van der Waals surface area contributed by atoms with Gasteiger partial charge in [-0.2, -0.15) is 0 Å². The molecule has 3 aromatic carbocycles. The summed E-state index contributed by atoms with van der Waals surface area (Å²) in [4.78, 5) is 1.38. The van der Waals surface area contributed by atoms with Crippen LogP contribution in [0.25, 0.3) is 0 Å². The van der Waals surface area contributed by atoms with E-state index in [1.54, 1.807) is 36.4 Å². The fourth-order valence-electron chi connectivity index (χ4n) is 2.05. The van der Waals surface area contributed by atoms with E-state index in [4.69, 9.17) is 24.6 Å². The minimum absolute atomic E-state index is 0.560. The van der Waals surface area contributed by atoms with E-state index in [1.165, 1.54) is 11.8 Å². The van der Waals surface area contributed by atoms with Gasteiger partial charge in [0.2, 0.25) is 0 Å². The van der Waals surface area contributed by atoms with Crippen molar-refractivity contribution in [2.75, 3.05) is 0 Å². The molecule has 0 heterocycles. The average molecular weight is 394 g/mol. The fraction of sp³-hybridized carbons (Fsp3) is 0.0526. The summed E-state index contributed by atoms with van der Waals surface area (Å²) >= 11 is 13.1. The predicted octanol–water partition coefficient (Wildman–Crippen LogP) is 6.59. The van der Waals surface area contributed by atoms with E-state index in [0.29, 0.717) is 20.5 Å². The Labute approximate surface area is 159 Å². The van der Waals surface area contributed by atoms with Crippen LogP contribution in [0, 0.1) is 0 Å². The highest BCUT2D eigenvalue weighted by Crippen LogP contribution is 2.40. The lowest BCUT2D eigenvalue weighted by Crippen LogP contribution is -2.03. The van der Waals surface area contributed by atoms with E-state index in [9.17, 15) is 4.21 Å². The van der Waals surface area contributed by atoms with E-state index in [-0.39, 0.29) is 0 Å². The van der Waals surface area contributed by atoms with E-state index >= 15 is 0 Å². The Bertz CT molecular complexity index is 870. The zero-order valence-electron chi connectivity index (χ0n) is 13.5. The second kappa shape index (κ2) is 8.21. The highest BCUT2D eigenvalue weighted by Gasteiger charge is 2.22. The molecule has 1 nitrogen and oxygen atoms in total. The van der Waals surface area contributed by atoms with Crippen LogP contribution < -0.4 is 0 Å². The van der Waals surface area contributed by atoms with Gasteiger partial charge in [-0.05, 0) is 54.1 Å². The van der Waals surface area contributed by atoms with E-state index in [1.807, 2.05) is 42.5 Å². The zero-order valence-corrected chi connectivity index (χ0v) is 15.6. The van der Waals surface area contributed by atoms with Gasteiger partial charge in [0.1, 0.15) is 4.56 Å². The number of rotatable bonds is 5. The van der Waals surface area contributed by atoms with Gasteiger partial charge in [0, 0.05) is 19.8 Å². The van der Waals surface area contributed by atoms with Crippen molar-refractivity contribution in [3.05, 3.63) is 94.5 Å². The molecule has 5 heteroatoms. The molecule has 0 radical (unpaired) electrons. The predicted molar refractivity (Wildman–Crippen MR) is 104 cm³/mol. The van der Waals surface area contributed by atoms with Crippen molar-refractivity contribution in [3.8, 4) is 0 Å². The molecule has 0 fully saturated rings. The summed E-state index contributed by atoms with van der Waals surface area (Å²) in [5.74, 6) is 0. The molecule has 0 aliphatic carbocycles. The van der Waals surface area contributed by atoms with Gasteiger partial charge in [0.15, 0.2) is 0 Å². The molecule has 0 aromatic heterocycles. The van der Waals surface area contributed by atoms with E-state index in [2.05, 4.69) is 0 Å². The lowest BCUT2D eigenvalue weighted by Gasteiger charge is -2.17. The molecule has 3 aromatic rings. The Morgan fingerprint density at radius 1 is 0.833 bits per heavy atom. The summed E-state index contributed by atoms with van der Waals surface area (Å²) in [5, 5.41) is 1.19. The Morgan fingerprint density at radius 3 is 1.96 bits per heavy atom. The highest BCUT2D eigenvalue weighted by atomic mass is 35.5. The monoisotopic (exact) mass is 393 g/mol. The minimum Gasteiger partial charge on any atom is -0.253 e. The lowest BCUT2D eigenvalue weighted by atomic mass is 10.2. The molecular weight excluding hydrogens is 379 g/mol. The third-order valence-electron chi connectivity index (χ3n) is 3.23. The first-order valence-electron chi connectivity index (χ1n) is 7.66. The van der Waals surface area contributed by atoms with Gasteiger partial charge >= 0.3 is 0 Å². The quantitative estimate of drug-likeness (QED) is 0.454. The second-order valence-corrected chi connectivity index (χ2v) is 8.56. The number of hydrogen-bond donors (Lipinski definition) is 0. The van der Waals surface area contributed by atoms with Crippen LogP contribution in [0.5, 0.6) is 0 Å². The van der Waals surface area contributed by atoms with Crippen LogP contribution in [0.2, 0.25) is 10.0 Å². The molecular formula is C19H14Cl2OS2. The summed E-state index contributed by atoms with van der Waals surface area (Å²) in [6, 6.07) is 23.2. The van der Waals surface area contributed by atoms with Crippen LogP contribution in [0.4, 0.5) is 0 Å². The number of thioether (sulfide) groups is 1. The second-order valence-electron chi connectivity index (χ2n) is 4.93. The van der Waals surface area contributed by atoms with Crippen molar-refractivity contribution < 1.29 is 5.58 Å². The van der Waals surface area contributed by atoms with Crippen LogP contribution in [0.1, 0.15) is 11.5 Å². The minimum atomic E-state index is -1.61. The van der Waals surface area contributed by atoms with Gasteiger partial charge < -0.3 is 0 Å². The molecule has 0 spiro atoms. The molecule has 3 rings (SSSR count). The smallest absolute Gasteiger partial charge is 0.114 e. The third-order valence-corrected chi connectivity index (χ3v) is 6.64. The molecule has 0 saturated carbocycles. The Hall–Kier alpha value is -1.26. The van der Waals surface area contributed by atoms with Crippen molar-refractivity contribution in [2.24, 2.45) is 0 Å². The van der Waals surface area contributed by atoms with E-state index < -0.39 is 15.4 Å². The van der Waals surface area contributed by atoms with Crippen LogP contribution in [0.3, 0.4) is 0 Å². The maximum absolute atomic E-state index is 13.3. The Morgan fingerprint density at radius 2 is 1.38 bits per heavy atom. The van der Waals surface area contributed by atoms with Crippen molar-refractivity contribution in [2.45, 2.75) is 14.3 Å². The Kier molecular flexibility index (Phi) is 5.55. The molecule has 0 bridgehead atoms. The zero-order chi connectivity index (χ0) is 17.9. The van der Waals surface area contributed by atoms with Crippen molar-refractivity contribution >= 4 is 45.8 Å². The van der Waals surface area contributed by atoms with E-state index in [0.717, 1.165) is 4.90 Å². The largest absolute Gasteiger partial charge is 0.253 e.